The summed E-state index contributed by atoms with van der Waals surface area (Å²) in [6, 6.07) is 1.31. The average Bonchev–Trinajstić information content (AvgIpc) is 2.23. The van der Waals surface area contributed by atoms with E-state index >= 15 is 0 Å². The van der Waals surface area contributed by atoms with Gasteiger partial charge < -0.3 is 5.73 Å². The molecule has 1 fully saturated rings. The summed E-state index contributed by atoms with van der Waals surface area (Å²) < 4.78 is 0. The molecule has 3 unspecified atom stereocenters. The molecule has 0 bridgehead atoms. The van der Waals surface area contributed by atoms with Gasteiger partial charge in [-0.05, 0) is 37.6 Å². The van der Waals surface area contributed by atoms with Crippen LogP contribution in [0.1, 0.15) is 59.8 Å². The molecule has 102 valence electrons. The molecule has 0 radical (unpaired) electrons. The normalized spacial score (nSPS) is 28.4. The zero-order valence-electron chi connectivity index (χ0n) is 12.5. The van der Waals surface area contributed by atoms with Gasteiger partial charge in [0.25, 0.3) is 0 Å². The third-order valence-corrected chi connectivity index (χ3v) is 4.18. The second kappa shape index (κ2) is 6.19. The van der Waals surface area contributed by atoms with E-state index in [0.717, 1.165) is 18.5 Å². The summed E-state index contributed by atoms with van der Waals surface area (Å²) in [5.41, 5.74) is 6.35. The van der Waals surface area contributed by atoms with Crippen molar-refractivity contribution in [2.45, 2.75) is 71.9 Å². The first-order chi connectivity index (χ1) is 7.83. The lowest BCUT2D eigenvalue weighted by Crippen LogP contribution is -2.47. The highest BCUT2D eigenvalue weighted by atomic mass is 15.2. The van der Waals surface area contributed by atoms with Gasteiger partial charge in [0.15, 0.2) is 0 Å². The number of nitrogens with two attached hydrogens (primary N) is 1. The molecule has 0 heterocycles. The molecule has 1 aliphatic carbocycles. The maximum absolute atomic E-state index is 5.98. The molecule has 17 heavy (non-hydrogen) atoms. The Balaban J connectivity index is 2.55. The molecule has 1 saturated carbocycles. The smallest absolute Gasteiger partial charge is 0.0223 e. The molecular formula is C15H32N2. The summed E-state index contributed by atoms with van der Waals surface area (Å²) in [5.74, 6) is 0.893. The van der Waals surface area contributed by atoms with Crippen LogP contribution < -0.4 is 5.73 Å². The summed E-state index contributed by atoms with van der Waals surface area (Å²) in [4.78, 5) is 2.57. The Labute approximate surface area is 108 Å². The Morgan fingerprint density at radius 2 is 1.94 bits per heavy atom. The highest BCUT2D eigenvalue weighted by Gasteiger charge is 2.28. The van der Waals surface area contributed by atoms with Gasteiger partial charge in [-0.3, -0.25) is 4.90 Å². The van der Waals surface area contributed by atoms with E-state index in [1.807, 2.05) is 0 Å². The van der Waals surface area contributed by atoms with Gasteiger partial charge in [-0.2, -0.15) is 0 Å². The van der Waals surface area contributed by atoms with Gasteiger partial charge in [0, 0.05) is 18.6 Å². The molecular weight excluding hydrogens is 208 g/mol. The molecule has 0 aromatic rings. The second-order valence-electron chi connectivity index (χ2n) is 7.25. The largest absolute Gasteiger partial charge is 0.329 e. The molecule has 0 spiro atoms. The maximum Gasteiger partial charge on any atom is 0.0223 e. The molecule has 0 amide bonds. The average molecular weight is 240 g/mol. The minimum atomic E-state index is 0.374. The Hall–Kier alpha value is -0.0800. The standard InChI is InChI=1S/C15H32N2/c1-12-7-6-8-13(9-12)17(5)14(11-16)10-15(2,3)4/h12-14H,6-11,16H2,1-5H3. The second-order valence-corrected chi connectivity index (χ2v) is 7.25. The molecule has 2 heteroatoms. The first kappa shape index (κ1) is 15.0. The summed E-state index contributed by atoms with van der Waals surface area (Å²) in [5, 5.41) is 0. The first-order valence-electron chi connectivity index (χ1n) is 7.25. The fourth-order valence-corrected chi connectivity index (χ4v) is 3.17. The molecule has 0 saturated heterocycles. The van der Waals surface area contributed by atoms with Crippen molar-refractivity contribution >= 4 is 0 Å². The van der Waals surface area contributed by atoms with Crippen LogP contribution in [-0.4, -0.2) is 30.6 Å². The van der Waals surface area contributed by atoms with Crippen LogP contribution in [-0.2, 0) is 0 Å². The van der Waals surface area contributed by atoms with E-state index in [4.69, 9.17) is 5.73 Å². The van der Waals surface area contributed by atoms with E-state index < -0.39 is 0 Å². The quantitative estimate of drug-likeness (QED) is 0.817. The zero-order valence-corrected chi connectivity index (χ0v) is 12.5. The van der Waals surface area contributed by atoms with E-state index in [0.29, 0.717) is 11.5 Å². The van der Waals surface area contributed by atoms with Gasteiger partial charge >= 0.3 is 0 Å². The highest BCUT2D eigenvalue weighted by Crippen LogP contribution is 2.30. The fraction of sp³-hybridized carbons (Fsp3) is 1.00. The lowest BCUT2D eigenvalue weighted by Gasteiger charge is -2.40. The molecule has 1 rings (SSSR count). The fourth-order valence-electron chi connectivity index (χ4n) is 3.17. The molecule has 2 N–H and O–H groups in total. The van der Waals surface area contributed by atoms with E-state index in [1.54, 1.807) is 0 Å². The summed E-state index contributed by atoms with van der Waals surface area (Å²) in [6.07, 6.45) is 6.73. The van der Waals surface area contributed by atoms with Crippen molar-refractivity contribution in [2.75, 3.05) is 13.6 Å². The van der Waals surface area contributed by atoms with Gasteiger partial charge in [-0.15, -0.1) is 0 Å². The third-order valence-electron chi connectivity index (χ3n) is 4.18. The minimum Gasteiger partial charge on any atom is -0.329 e. The van der Waals surface area contributed by atoms with Crippen molar-refractivity contribution in [3.05, 3.63) is 0 Å². The summed E-state index contributed by atoms with van der Waals surface area (Å²) in [7, 11) is 2.28. The van der Waals surface area contributed by atoms with Crippen LogP contribution in [0.4, 0.5) is 0 Å². The number of rotatable bonds is 4. The van der Waals surface area contributed by atoms with Crippen LogP contribution in [0.15, 0.2) is 0 Å². The first-order valence-corrected chi connectivity index (χ1v) is 7.25. The molecule has 0 aliphatic heterocycles. The van der Waals surface area contributed by atoms with Gasteiger partial charge in [-0.25, -0.2) is 0 Å². The van der Waals surface area contributed by atoms with E-state index in [1.165, 1.54) is 32.1 Å². The molecule has 1 aliphatic rings. The number of hydrogen-bond donors (Lipinski definition) is 1. The van der Waals surface area contributed by atoms with Crippen molar-refractivity contribution in [3.63, 3.8) is 0 Å². The van der Waals surface area contributed by atoms with Gasteiger partial charge in [0.05, 0.1) is 0 Å². The van der Waals surface area contributed by atoms with Crippen LogP contribution in [0.2, 0.25) is 0 Å². The van der Waals surface area contributed by atoms with Gasteiger partial charge in [0.2, 0.25) is 0 Å². The Morgan fingerprint density at radius 1 is 1.29 bits per heavy atom. The Bertz CT molecular complexity index is 219. The molecule has 3 atom stereocenters. The van der Waals surface area contributed by atoms with Crippen LogP contribution >= 0.6 is 0 Å². The minimum absolute atomic E-state index is 0.374. The van der Waals surface area contributed by atoms with Gasteiger partial charge in [0.1, 0.15) is 0 Å². The number of likely N-dealkylation sites (N-methyl/N-ethyl adjacent to an activating group) is 1. The Kier molecular flexibility index (Phi) is 5.46. The highest BCUT2D eigenvalue weighted by molar-refractivity contribution is 4.84. The monoisotopic (exact) mass is 240 g/mol. The van der Waals surface area contributed by atoms with Crippen molar-refractivity contribution in [2.24, 2.45) is 17.1 Å². The van der Waals surface area contributed by atoms with E-state index in [9.17, 15) is 0 Å². The predicted octanol–water partition coefficient (Wildman–Crippen LogP) is 3.26. The maximum atomic E-state index is 5.98. The van der Waals surface area contributed by atoms with Crippen molar-refractivity contribution in [1.29, 1.82) is 0 Å². The Morgan fingerprint density at radius 3 is 2.41 bits per heavy atom. The van der Waals surface area contributed by atoms with Crippen molar-refractivity contribution < 1.29 is 0 Å². The molecule has 0 aromatic heterocycles. The topological polar surface area (TPSA) is 29.3 Å². The zero-order chi connectivity index (χ0) is 13.1. The molecule has 2 nitrogen and oxygen atoms in total. The summed E-state index contributed by atoms with van der Waals surface area (Å²) >= 11 is 0. The number of nitrogens with zero attached hydrogens (tertiary/aromatic N) is 1. The summed E-state index contributed by atoms with van der Waals surface area (Å²) in [6.45, 7) is 10.1. The van der Waals surface area contributed by atoms with Gasteiger partial charge in [-0.1, -0.05) is 40.5 Å². The van der Waals surface area contributed by atoms with Crippen LogP contribution in [0.3, 0.4) is 0 Å². The number of hydrogen-bond acceptors (Lipinski definition) is 2. The molecule has 0 aromatic carbocycles. The SMILES string of the molecule is CC1CCCC(N(C)C(CN)CC(C)(C)C)C1. The van der Waals surface area contributed by atoms with Crippen molar-refractivity contribution in [1.82, 2.24) is 4.90 Å². The van der Waals surface area contributed by atoms with E-state index in [2.05, 4.69) is 39.6 Å². The third kappa shape index (κ3) is 4.97. The lowest BCUT2D eigenvalue weighted by atomic mass is 9.83. The predicted molar refractivity (Wildman–Crippen MR) is 76.1 cm³/mol. The van der Waals surface area contributed by atoms with Crippen LogP contribution in [0.25, 0.3) is 0 Å². The van der Waals surface area contributed by atoms with Crippen molar-refractivity contribution in [3.8, 4) is 0 Å². The van der Waals surface area contributed by atoms with Crippen LogP contribution in [0.5, 0.6) is 0 Å². The van der Waals surface area contributed by atoms with Crippen LogP contribution in [0, 0.1) is 11.3 Å². The lowest BCUT2D eigenvalue weighted by molar-refractivity contribution is 0.0963. The van der Waals surface area contributed by atoms with E-state index in [-0.39, 0.29) is 0 Å².